The lowest BCUT2D eigenvalue weighted by Gasteiger charge is -2.27. The van der Waals surface area contributed by atoms with Crippen LogP contribution in [0.5, 0.6) is 0 Å². The summed E-state index contributed by atoms with van der Waals surface area (Å²) in [6.45, 7) is 4.30. The van der Waals surface area contributed by atoms with Crippen LogP contribution in [0.15, 0.2) is 0 Å². The summed E-state index contributed by atoms with van der Waals surface area (Å²) in [5.74, 6) is 0.893. The summed E-state index contributed by atoms with van der Waals surface area (Å²) in [7, 11) is 1.81. The molecule has 1 N–H and O–H groups in total. The third-order valence-corrected chi connectivity index (χ3v) is 3.76. The highest BCUT2D eigenvalue weighted by molar-refractivity contribution is 4.78. The molecule has 2 nitrogen and oxygen atoms in total. The van der Waals surface area contributed by atoms with Crippen LogP contribution in [-0.2, 0) is 4.74 Å². The number of hydrogen-bond donors (Lipinski definition) is 1. The van der Waals surface area contributed by atoms with Gasteiger partial charge in [0.2, 0.25) is 0 Å². The Bertz CT molecular complexity index is 145. The fourth-order valence-electron chi connectivity index (χ4n) is 2.79. The Morgan fingerprint density at radius 3 is 2.44 bits per heavy atom. The van der Waals surface area contributed by atoms with Crippen LogP contribution in [0.3, 0.4) is 0 Å². The Hall–Kier alpha value is -0.0800. The van der Waals surface area contributed by atoms with Crippen molar-refractivity contribution in [1.29, 1.82) is 0 Å². The van der Waals surface area contributed by atoms with Crippen molar-refractivity contribution < 1.29 is 4.74 Å². The van der Waals surface area contributed by atoms with Gasteiger partial charge in [-0.25, -0.2) is 0 Å². The molecule has 0 aromatic heterocycles. The second-order valence-electron chi connectivity index (χ2n) is 5.09. The van der Waals surface area contributed by atoms with E-state index in [2.05, 4.69) is 12.2 Å². The molecular weight excluding hydrogens is 198 g/mol. The highest BCUT2D eigenvalue weighted by Gasteiger charge is 2.21. The zero-order valence-electron chi connectivity index (χ0n) is 11.1. The van der Waals surface area contributed by atoms with Gasteiger partial charge in [0.1, 0.15) is 0 Å². The van der Waals surface area contributed by atoms with Crippen molar-refractivity contribution >= 4 is 0 Å². The van der Waals surface area contributed by atoms with Gasteiger partial charge < -0.3 is 10.1 Å². The lowest BCUT2D eigenvalue weighted by Crippen LogP contribution is -2.37. The van der Waals surface area contributed by atoms with Gasteiger partial charge in [-0.1, -0.05) is 32.6 Å². The molecule has 0 radical (unpaired) electrons. The van der Waals surface area contributed by atoms with Crippen molar-refractivity contribution in [1.82, 2.24) is 5.32 Å². The summed E-state index contributed by atoms with van der Waals surface area (Å²) in [5.41, 5.74) is 0. The Morgan fingerprint density at radius 1 is 1.19 bits per heavy atom. The molecule has 0 saturated heterocycles. The fraction of sp³-hybridized carbons (Fsp3) is 1.00. The largest absolute Gasteiger partial charge is 0.385 e. The van der Waals surface area contributed by atoms with Crippen LogP contribution >= 0.6 is 0 Å². The highest BCUT2D eigenvalue weighted by Crippen LogP contribution is 2.26. The summed E-state index contributed by atoms with van der Waals surface area (Å²) in [4.78, 5) is 0. The van der Waals surface area contributed by atoms with E-state index in [1.54, 1.807) is 0 Å². The first kappa shape index (κ1) is 14.0. The first-order valence-corrected chi connectivity index (χ1v) is 7.10. The van der Waals surface area contributed by atoms with E-state index in [4.69, 9.17) is 4.74 Å². The SMILES string of the molecule is CCCNC(CCOC)C1CCCCCC1. The standard InChI is InChI=1S/C14H29NO/c1-3-11-15-14(10-12-16-2)13-8-6-4-5-7-9-13/h13-15H,3-12H2,1-2H3. The molecule has 0 aliphatic heterocycles. The highest BCUT2D eigenvalue weighted by atomic mass is 16.5. The van der Waals surface area contributed by atoms with Crippen LogP contribution in [0, 0.1) is 5.92 Å². The van der Waals surface area contributed by atoms with E-state index < -0.39 is 0 Å². The van der Waals surface area contributed by atoms with Crippen molar-refractivity contribution in [3.63, 3.8) is 0 Å². The molecule has 16 heavy (non-hydrogen) atoms. The van der Waals surface area contributed by atoms with E-state index >= 15 is 0 Å². The Morgan fingerprint density at radius 2 is 1.88 bits per heavy atom. The molecule has 0 spiro atoms. The summed E-state index contributed by atoms with van der Waals surface area (Å²) in [5, 5.41) is 3.72. The molecule has 1 atom stereocenters. The number of rotatable bonds is 7. The van der Waals surface area contributed by atoms with Gasteiger partial charge in [-0.15, -0.1) is 0 Å². The summed E-state index contributed by atoms with van der Waals surface area (Å²) >= 11 is 0. The molecule has 0 heterocycles. The van der Waals surface area contributed by atoms with Gasteiger partial charge in [0.25, 0.3) is 0 Å². The Labute approximate surface area is 101 Å². The van der Waals surface area contributed by atoms with Crippen LogP contribution in [0.25, 0.3) is 0 Å². The van der Waals surface area contributed by atoms with Gasteiger partial charge in [-0.05, 0) is 38.1 Å². The predicted octanol–water partition coefficient (Wildman–Crippen LogP) is 3.36. The maximum absolute atomic E-state index is 5.23. The van der Waals surface area contributed by atoms with Crippen LogP contribution in [-0.4, -0.2) is 26.3 Å². The number of nitrogens with one attached hydrogen (secondary N) is 1. The topological polar surface area (TPSA) is 21.3 Å². The van der Waals surface area contributed by atoms with Crippen LogP contribution < -0.4 is 5.32 Å². The minimum atomic E-state index is 0.693. The number of hydrogen-bond acceptors (Lipinski definition) is 2. The molecule has 0 bridgehead atoms. The maximum Gasteiger partial charge on any atom is 0.0477 e. The van der Waals surface area contributed by atoms with Crippen molar-refractivity contribution in [3.8, 4) is 0 Å². The van der Waals surface area contributed by atoms with Crippen LogP contribution in [0.4, 0.5) is 0 Å². The fourth-order valence-corrected chi connectivity index (χ4v) is 2.79. The summed E-state index contributed by atoms with van der Waals surface area (Å²) in [6, 6.07) is 0.693. The monoisotopic (exact) mass is 227 g/mol. The second kappa shape index (κ2) is 9.00. The summed E-state index contributed by atoms with van der Waals surface area (Å²) in [6.07, 6.45) is 11.0. The first-order valence-electron chi connectivity index (χ1n) is 7.10. The third-order valence-electron chi connectivity index (χ3n) is 3.76. The van der Waals surface area contributed by atoms with E-state index in [9.17, 15) is 0 Å². The first-order chi connectivity index (χ1) is 7.88. The zero-order valence-corrected chi connectivity index (χ0v) is 11.1. The van der Waals surface area contributed by atoms with Gasteiger partial charge in [-0.2, -0.15) is 0 Å². The summed E-state index contributed by atoms with van der Waals surface area (Å²) < 4.78 is 5.23. The molecule has 1 rings (SSSR count). The molecule has 2 heteroatoms. The van der Waals surface area contributed by atoms with Crippen molar-refractivity contribution in [2.24, 2.45) is 5.92 Å². The Kier molecular flexibility index (Phi) is 7.87. The van der Waals surface area contributed by atoms with Gasteiger partial charge in [-0.3, -0.25) is 0 Å². The zero-order chi connectivity index (χ0) is 11.6. The molecule has 96 valence electrons. The van der Waals surface area contributed by atoms with E-state index in [0.717, 1.165) is 19.1 Å². The molecule has 0 aromatic rings. The van der Waals surface area contributed by atoms with Crippen molar-refractivity contribution in [2.45, 2.75) is 64.3 Å². The second-order valence-corrected chi connectivity index (χ2v) is 5.09. The lowest BCUT2D eigenvalue weighted by atomic mass is 9.90. The molecular formula is C14H29NO. The molecule has 1 unspecified atom stereocenters. The molecule has 1 aliphatic rings. The Balaban J connectivity index is 2.37. The average Bonchev–Trinajstić information content (AvgIpc) is 2.58. The minimum absolute atomic E-state index is 0.693. The van der Waals surface area contributed by atoms with Gasteiger partial charge in [0, 0.05) is 19.8 Å². The quantitative estimate of drug-likeness (QED) is 0.673. The van der Waals surface area contributed by atoms with Gasteiger partial charge in [0.05, 0.1) is 0 Å². The van der Waals surface area contributed by atoms with Gasteiger partial charge >= 0.3 is 0 Å². The number of methoxy groups -OCH3 is 1. The molecule has 1 fully saturated rings. The van der Waals surface area contributed by atoms with Crippen molar-refractivity contribution in [2.75, 3.05) is 20.3 Å². The molecule has 0 aromatic carbocycles. The molecule has 1 saturated carbocycles. The maximum atomic E-state index is 5.23. The van der Waals surface area contributed by atoms with E-state index in [1.165, 1.54) is 51.4 Å². The van der Waals surface area contributed by atoms with E-state index in [1.807, 2.05) is 7.11 Å². The van der Waals surface area contributed by atoms with Gasteiger partial charge in [0.15, 0.2) is 0 Å². The lowest BCUT2D eigenvalue weighted by molar-refractivity contribution is 0.166. The normalized spacial score (nSPS) is 20.6. The average molecular weight is 227 g/mol. The third kappa shape index (κ3) is 5.31. The predicted molar refractivity (Wildman–Crippen MR) is 69.8 cm³/mol. The van der Waals surface area contributed by atoms with E-state index in [-0.39, 0.29) is 0 Å². The minimum Gasteiger partial charge on any atom is -0.385 e. The van der Waals surface area contributed by atoms with Crippen molar-refractivity contribution in [3.05, 3.63) is 0 Å². The smallest absolute Gasteiger partial charge is 0.0477 e. The molecule has 0 amide bonds. The number of ether oxygens (including phenoxy) is 1. The van der Waals surface area contributed by atoms with Crippen LogP contribution in [0.2, 0.25) is 0 Å². The van der Waals surface area contributed by atoms with Crippen LogP contribution in [0.1, 0.15) is 58.3 Å². The molecule has 1 aliphatic carbocycles. The van der Waals surface area contributed by atoms with E-state index in [0.29, 0.717) is 6.04 Å².